The Balaban J connectivity index is 1.86. The van der Waals surface area contributed by atoms with E-state index < -0.39 is 0 Å². The van der Waals surface area contributed by atoms with Crippen LogP contribution in [0.4, 0.5) is 0 Å². The van der Waals surface area contributed by atoms with E-state index in [1.54, 1.807) is 0 Å². The van der Waals surface area contributed by atoms with Gasteiger partial charge in [-0.2, -0.15) is 0 Å². The maximum Gasteiger partial charge on any atom is 0.260 e. The molecule has 0 saturated carbocycles. The molecular weight excluding hydrogens is 328 g/mol. The van der Waals surface area contributed by atoms with E-state index in [4.69, 9.17) is 4.98 Å². The fourth-order valence-electron chi connectivity index (χ4n) is 3.01. The zero-order valence-electron chi connectivity index (χ0n) is 14.2. The molecule has 4 aromatic rings. The van der Waals surface area contributed by atoms with Crippen molar-refractivity contribution in [3.8, 4) is 22.5 Å². The number of benzene rings is 2. The van der Waals surface area contributed by atoms with Crippen molar-refractivity contribution in [2.75, 3.05) is 0 Å². The number of hydrogen-bond acceptors (Lipinski definition) is 3. The zero-order chi connectivity index (χ0) is 17.4. The van der Waals surface area contributed by atoms with Crippen molar-refractivity contribution in [1.82, 2.24) is 9.97 Å². The molecule has 0 unspecified atom stereocenters. The first-order valence-corrected chi connectivity index (χ1v) is 9.21. The lowest BCUT2D eigenvalue weighted by atomic mass is 10.0. The molecule has 0 saturated heterocycles. The van der Waals surface area contributed by atoms with E-state index in [0.717, 1.165) is 33.5 Å². The highest BCUT2D eigenvalue weighted by atomic mass is 32.1. The Morgan fingerprint density at radius 3 is 2.60 bits per heavy atom. The summed E-state index contributed by atoms with van der Waals surface area (Å²) in [7, 11) is 0. The van der Waals surface area contributed by atoms with Gasteiger partial charge in [0.2, 0.25) is 0 Å². The second-order valence-corrected chi connectivity index (χ2v) is 7.02. The van der Waals surface area contributed by atoms with Crippen molar-refractivity contribution in [3.63, 3.8) is 0 Å². The minimum Gasteiger partial charge on any atom is -0.306 e. The van der Waals surface area contributed by atoms with Crippen molar-refractivity contribution in [2.24, 2.45) is 0 Å². The molecule has 0 aliphatic rings. The van der Waals surface area contributed by atoms with E-state index in [9.17, 15) is 4.79 Å². The van der Waals surface area contributed by atoms with E-state index in [0.29, 0.717) is 11.2 Å². The van der Waals surface area contributed by atoms with Crippen molar-refractivity contribution in [3.05, 3.63) is 75.4 Å². The summed E-state index contributed by atoms with van der Waals surface area (Å²) in [6, 6.07) is 16.4. The quantitative estimate of drug-likeness (QED) is 0.555. The fraction of sp³-hybridized carbons (Fsp3) is 0.143. The molecule has 0 bridgehead atoms. The van der Waals surface area contributed by atoms with Crippen LogP contribution in [0.5, 0.6) is 0 Å². The number of hydrogen-bond donors (Lipinski definition) is 1. The molecule has 2 aromatic carbocycles. The third-order valence-electron chi connectivity index (χ3n) is 4.41. The number of aryl methyl sites for hydroxylation is 2. The second-order valence-electron chi connectivity index (χ2n) is 6.16. The van der Waals surface area contributed by atoms with Gasteiger partial charge in [-0.1, -0.05) is 55.0 Å². The zero-order valence-corrected chi connectivity index (χ0v) is 15.0. The average molecular weight is 346 g/mol. The van der Waals surface area contributed by atoms with Crippen LogP contribution in [0.15, 0.2) is 58.7 Å². The SMILES string of the molecule is CCc1ccc(-c2csc3nc(-c4cccc(C)c4)[nH]c(=O)c23)cc1. The third kappa shape index (κ3) is 2.89. The summed E-state index contributed by atoms with van der Waals surface area (Å²) in [5, 5.41) is 2.69. The molecule has 0 amide bonds. The van der Waals surface area contributed by atoms with Crippen molar-refractivity contribution in [2.45, 2.75) is 20.3 Å². The van der Waals surface area contributed by atoms with Crippen LogP contribution in [-0.2, 0) is 6.42 Å². The minimum atomic E-state index is -0.0858. The molecule has 124 valence electrons. The fourth-order valence-corrected chi connectivity index (χ4v) is 3.96. The van der Waals surface area contributed by atoms with Gasteiger partial charge in [0.15, 0.2) is 0 Å². The van der Waals surface area contributed by atoms with E-state index in [-0.39, 0.29) is 5.56 Å². The highest BCUT2D eigenvalue weighted by Gasteiger charge is 2.13. The summed E-state index contributed by atoms with van der Waals surface area (Å²) in [6.07, 6.45) is 1.01. The van der Waals surface area contributed by atoms with E-state index >= 15 is 0 Å². The van der Waals surface area contributed by atoms with Gasteiger partial charge < -0.3 is 4.98 Å². The normalized spacial score (nSPS) is 11.1. The molecule has 0 atom stereocenters. The molecule has 4 heteroatoms. The van der Waals surface area contributed by atoms with Crippen LogP contribution in [0, 0.1) is 6.92 Å². The van der Waals surface area contributed by atoms with Crippen LogP contribution in [0.25, 0.3) is 32.7 Å². The molecule has 0 spiro atoms. The Kier molecular flexibility index (Phi) is 3.98. The Morgan fingerprint density at radius 2 is 1.88 bits per heavy atom. The van der Waals surface area contributed by atoms with E-state index in [1.165, 1.54) is 16.9 Å². The first-order chi connectivity index (χ1) is 12.2. The number of H-pyrrole nitrogens is 1. The second kappa shape index (κ2) is 6.30. The number of thiophene rings is 1. The first kappa shape index (κ1) is 15.8. The van der Waals surface area contributed by atoms with Gasteiger partial charge in [0.05, 0.1) is 5.39 Å². The Morgan fingerprint density at radius 1 is 1.08 bits per heavy atom. The smallest absolute Gasteiger partial charge is 0.260 e. The lowest BCUT2D eigenvalue weighted by molar-refractivity contribution is 1.14. The maximum atomic E-state index is 12.7. The monoisotopic (exact) mass is 346 g/mol. The van der Waals surface area contributed by atoms with Gasteiger partial charge in [0.25, 0.3) is 5.56 Å². The van der Waals surface area contributed by atoms with Gasteiger partial charge >= 0.3 is 0 Å². The number of aromatic nitrogens is 2. The molecule has 0 fully saturated rings. The van der Waals surface area contributed by atoms with Crippen LogP contribution >= 0.6 is 11.3 Å². The molecule has 4 rings (SSSR count). The third-order valence-corrected chi connectivity index (χ3v) is 5.28. The molecule has 2 heterocycles. The molecule has 0 aliphatic carbocycles. The van der Waals surface area contributed by atoms with Crippen LogP contribution in [0.3, 0.4) is 0 Å². The predicted molar refractivity (Wildman–Crippen MR) is 105 cm³/mol. The summed E-state index contributed by atoms with van der Waals surface area (Å²) in [6.45, 7) is 4.17. The van der Waals surface area contributed by atoms with Gasteiger partial charge in [0, 0.05) is 16.5 Å². The average Bonchev–Trinajstić information content (AvgIpc) is 3.06. The number of fused-ring (bicyclic) bond motifs is 1. The standard InChI is InChI=1S/C21H18N2OS/c1-3-14-7-9-15(10-8-14)17-12-25-21-18(17)20(24)22-19(23-21)16-6-4-5-13(2)11-16/h4-12H,3H2,1-2H3,(H,22,23,24). The van der Waals surface area contributed by atoms with Gasteiger partial charge in [-0.15, -0.1) is 11.3 Å². The van der Waals surface area contributed by atoms with Crippen LogP contribution in [0.2, 0.25) is 0 Å². The summed E-state index contributed by atoms with van der Waals surface area (Å²) in [5.74, 6) is 0.621. The van der Waals surface area contributed by atoms with Crippen LogP contribution in [0.1, 0.15) is 18.1 Å². The van der Waals surface area contributed by atoms with Crippen molar-refractivity contribution >= 4 is 21.6 Å². The first-order valence-electron chi connectivity index (χ1n) is 8.33. The van der Waals surface area contributed by atoms with Crippen molar-refractivity contribution in [1.29, 1.82) is 0 Å². The van der Waals surface area contributed by atoms with Crippen LogP contribution < -0.4 is 5.56 Å². The van der Waals surface area contributed by atoms with Gasteiger partial charge in [-0.3, -0.25) is 4.79 Å². The van der Waals surface area contributed by atoms with E-state index in [1.807, 2.05) is 36.6 Å². The summed E-state index contributed by atoms with van der Waals surface area (Å²) >= 11 is 1.51. The molecule has 0 radical (unpaired) electrons. The molecule has 2 aromatic heterocycles. The lowest BCUT2D eigenvalue weighted by Crippen LogP contribution is -2.09. The van der Waals surface area contributed by atoms with Gasteiger partial charge in [0.1, 0.15) is 10.7 Å². The topological polar surface area (TPSA) is 45.8 Å². The molecular formula is C21H18N2OS. The highest BCUT2D eigenvalue weighted by molar-refractivity contribution is 7.17. The molecule has 25 heavy (non-hydrogen) atoms. The number of nitrogens with one attached hydrogen (secondary N) is 1. The molecule has 1 N–H and O–H groups in total. The summed E-state index contributed by atoms with van der Waals surface area (Å²) in [4.78, 5) is 21.2. The highest BCUT2D eigenvalue weighted by Crippen LogP contribution is 2.31. The van der Waals surface area contributed by atoms with E-state index in [2.05, 4.69) is 36.2 Å². The number of nitrogens with zero attached hydrogens (tertiary/aromatic N) is 1. The van der Waals surface area contributed by atoms with Crippen LogP contribution in [-0.4, -0.2) is 9.97 Å². The number of rotatable bonds is 3. The Labute approximate surface area is 150 Å². The Hall–Kier alpha value is -2.72. The number of aromatic amines is 1. The largest absolute Gasteiger partial charge is 0.306 e. The van der Waals surface area contributed by atoms with Gasteiger partial charge in [-0.25, -0.2) is 4.98 Å². The predicted octanol–water partition coefficient (Wildman–Crippen LogP) is 5.19. The van der Waals surface area contributed by atoms with Crippen molar-refractivity contribution < 1.29 is 0 Å². The maximum absolute atomic E-state index is 12.7. The molecule has 3 nitrogen and oxygen atoms in total. The summed E-state index contributed by atoms with van der Waals surface area (Å²) in [5.41, 5.74) is 5.28. The molecule has 0 aliphatic heterocycles. The lowest BCUT2D eigenvalue weighted by Gasteiger charge is -2.04. The summed E-state index contributed by atoms with van der Waals surface area (Å²) < 4.78 is 0. The Bertz CT molecular complexity index is 1110. The minimum absolute atomic E-state index is 0.0858. The van der Waals surface area contributed by atoms with Gasteiger partial charge in [-0.05, 0) is 30.5 Å².